The van der Waals surface area contributed by atoms with Crippen LogP contribution >= 0.6 is 0 Å². The predicted molar refractivity (Wildman–Crippen MR) is 64.5 cm³/mol. The van der Waals surface area contributed by atoms with Gasteiger partial charge in [-0.05, 0) is 6.07 Å². The van der Waals surface area contributed by atoms with Crippen molar-refractivity contribution in [1.82, 2.24) is 0 Å². The van der Waals surface area contributed by atoms with E-state index in [1.165, 1.54) is 0 Å². The van der Waals surface area contributed by atoms with Crippen molar-refractivity contribution in [2.75, 3.05) is 11.6 Å². The second kappa shape index (κ2) is 3.55. The summed E-state index contributed by atoms with van der Waals surface area (Å²) in [6.45, 7) is 0.327. The van der Waals surface area contributed by atoms with Crippen molar-refractivity contribution in [2.24, 2.45) is 9.98 Å². The van der Waals surface area contributed by atoms with Crippen molar-refractivity contribution in [3.8, 4) is 0 Å². The zero-order chi connectivity index (χ0) is 11.8. The Kier molecular flexibility index (Phi) is 2.04. The van der Waals surface area contributed by atoms with E-state index in [1.807, 2.05) is 29.2 Å². The number of fused-ring (bicyclic) bond motifs is 3. The molecule has 5 heteroatoms. The molecule has 2 heterocycles. The predicted octanol–water partition coefficient (Wildman–Crippen LogP) is 1.26. The molecule has 0 spiro atoms. The highest BCUT2D eigenvalue weighted by molar-refractivity contribution is 6.44. The second-order valence-corrected chi connectivity index (χ2v) is 3.73. The zero-order valence-corrected chi connectivity index (χ0v) is 8.87. The molecule has 0 amide bonds. The maximum absolute atomic E-state index is 11.0. The lowest BCUT2D eigenvalue weighted by Crippen LogP contribution is -2.24. The lowest BCUT2D eigenvalue weighted by molar-refractivity contribution is -0.129. The lowest BCUT2D eigenvalue weighted by Gasteiger charge is -2.19. The molecular weight excluding hydrogens is 218 g/mol. The highest BCUT2D eigenvalue weighted by Gasteiger charge is 2.29. The fourth-order valence-corrected chi connectivity index (χ4v) is 1.97. The Hall–Kier alpha value is -2.43. The average molecular weight is 227 g/mol. The summed E-state index contributed by atoms with van der Waals surface area (Å²) < 4.78 is 0. The van der Waals surface area contributed by atoms with Crippen molar-refractivity contribution in [1.29, 1.82) is 0 Å². The molecule has 0 bridgehead atoms. The summed E-state index contributed by atoms with van der Waals surface area (Å²) in [5, 5.41) is 9.04. The van der Waals surface area contributed by atoms with Gasteiger partial charge in [-0.2, -0.15) is 0 Å². The molecule has 5 nitrogen and oxygen atoms in total. The van der Waals surface area contributed by atoms with E-state index < -0.39 is 5.97 Å². The van der Waals surface area contributed by atoms with Crippen LogP contribution < -0.4 is 4.90 Å². The third kappa shape index (κ3) is 1.44. The van der Waals surface area contributed by atoms with Crippen LogP contribution in [0.5, 0.6) is 0 Å². The minimum Gasteiger partial charge on any atom is -0.476 e. The van der Waals surface area contributed by atoms with Crippen molar-refractivity contribution in [3.05, 3.63) is 41.7 Å². The van der Waals surface area contributed by atoms with Gasteiger partial charge in [0.25, 0.3) is 0 Å². The van der Waals surface area contributed by atoms with Gasteiger partial charge in [0.1, 0.15) is 6.67 Å². The molecule has 0 aromatic heterocycles. The van der Waals surface area contributed by atoms with Gasteiger partial charge in [-0.15, -0.1) is 0 Å². The zero-order valence-electron chi connectivity index (χ0n) is 8.87. The van der Waals surface area contributed by atoms with Gasteiger partial charge in [0, 0.05) is 11.8 Å². The maximum Gasteiger partial charge on any atom is 0.356 e. The molecule has 0 atom stereocenters. The Bertz CT molecular complexity index is 587. The first-order valence-corrected chi connectivity index (χ1v) is 5.15. The van der Waals surface area contributed by atoms with E-state index in [2.05, 4.69) is 9.98 Å². The van der Waals surface area contributed by atoms with E-state index in [0.717, 1.165) is 11.3 Å². The van der Waals surface area contributed by atoms with Gasteiger partial charge >= 0.3 is 5.97 Å². The van der Waals surface area contributed by atoms with Crippen LogP contribution in [0.3, 0.4) is 0 Å². The highest BCUT2D eigenvalue weighted by atomic mass is 16.4. The van der Waals surface area contributed by atoms with Crippen LogP contribution in [0.4, 0.5) is 5.69 Å². The molecule has 0 aliphatic carbocycles. The summed E-state index contributed by atoms with van der Waals surface area (Å²) in [6.07, 6.45) is 3.26. The standard InChI is InChI=1S/C12H9N3O2/c16-12(17)11-10-6-13-5-8-3-1-2-4-9(8)15(10)7-14-11/h1-6H,7H2,(H,16,17). The first-order valence-electron chi connectivity index (χ1n) is 5.15. The molecule has 84 valence electrons. The van der Waals surface area contributed by atoms with Crippen LogP contribution in [0.25, 0.3) is 0 Å². The number of hydrogen-bond donors (Lipinski definition) is 1. The number of nitrogens with zero attached hydrogens (tertiary/aromatic N) is 3. The molecule has 3 rings (SSSR count). The van der Waals surface area contributed by atoms with Gasteiger partial charge in [-0.1, -0.05) is 18.2 Å². The summed E-state index contributed by atoms with van der Waals surface area (Å²) in [5.41, 5.74) is 2.50. The van der Waals surface area contributed by atoms with E-state index in [9.17, 15) is 4.79 Å². The Morgan fingerprint density at radius 3 is 3.00 bits per heavy atom. The van der Waals surface area contributed by atoms with E-state index in [4.69, 9.17) is 5.11 Å². The van der Waals surface area contributed by atoms with Gasteiger partial charge in [0.05, 0.1) is 17.6 Å². The molecule has 2 aliphatic heterocycles. The largest absolute Gasteiger partial charge is 0.476 e. The molecule has 1 aromatic rings. The number of carboxylic acids is 1. The van der Waals surface area contributed by atoms with Gasteiger partial charge in [-0.3, -0.25) is 9.98 Å². The number of carboxylic acid groups (broad SMARTS) is 1. The van der Waals surface area contributed by atoms with Crippen LogP contribution in [-0.2, 0) is 4.79 Å². The fourth-order valence-electron chi connectivity index (χ4n) is 1.97. The van der Waals surface area contributed by atoms with Gasteiger partial charge in [-0.25, -0.2) is 4.79 Å². The highest BCUT2D eigenvalue weighted by Crippen LogP contribution is 2.28. The number of aliphatic imine (C=N–C) groups is 2. The Labute approximate surface area is 97.4 Å². The number of hydrogen-bond acceptors (Lipinski definition) is 4. The van der Waals surface area contributed by atoms with E-state index in [1.54, 1.807) is 12.4 Å². The molecule has 17 heavy (non-hydrogen) atoms. The van der Waals surface area contributed by atoms with Crippen molar-refractivity contribution in [3.63, 3.8) is 0 Å². The van der Waals surface area contributed by atoms with Crippen LogP contribution in [0.1, 0.15) is 5.56 Å². The number of anilines is 1. The summed E-state index contributed by atoms with van der Waals surface area (Å²) >= 11 is 0. The molecule has 1 N–H and O–H groups in total. The molecule has 1 aromatic carbocycles. The van der Waals surface area contributed by atoms with Crippen LogP contribution in [0.15, 0.2) is 46.1 Å². The Morgan fingerprint density at radius 2 is 2.18 bits per heavy atom. The number of aliphatic carboxylic acids is 1. The molecule has 0 fully saturated rings. The van der Waals surface area contributed by atoms with Crippen LogP contribution in [0.2, 0.25) is 0 Å². The summed E-state index contributed by atoms with van der Waals surface area (Å²) in [7, 11) is 0. The topological polar surface area (TPSA) is 65.3 Å². The maximum atomic E-state index is 11.0. The third-order valence-electron chi connectivity index (χ3n) is 2.74. The fraction of sp³-hybridized carbons (Fsp3) is 0.0833. The monoisotopic (exact) mass is 227 g/mol. The lowest BCUT2D eigenvalue weighted by atomic mass is 10.1. The second-order valence-electron chi connectivity index (χ2n) is 3.73. The molecule has 0 saturated carbocycles. The number of rotatable bonds is 1. The van der Waals surface area contributed by atoms with E-state index >= 15 is 0 Å². The molecular formula is C12H9N3O2. The summed E-state index contributed by atoms with van der Waals surface area (Å²) in [4.78, 5) is 21.0. The normalized spacial score (nSPS) is 16.8. The quantitative estimate of drug-likeness (QED) is 0.785. The molecule has 2 aliphatic rings. The SMILES string of the molecule is O=C(O)C1=NCN2C1=CN=Cc1ccccc12. The van der Waals surface area contributed by atoms with Crippen LogP contribution in [-0.4, -0.2) is 29.7 Å². The van der Waals surface area contributed by atoms with E-state index in [-0.39, 0.29) is 5.71 Å². The Morgan fingerprint density at radius 1 is 1.35 bits per heavy atom. The number of carbonyl (C=O) groups is 1. The van der Waals surface area contributed by atoms with Crippen molar-refractivity contribution < 1.29 is 9.90 Å². The van der Waals surface area contributed by atoms with Gasteiger partial charge in [0.2, 0.25) is 0 Å². The van der Waals surface area contributed by atoms with Gasteiger partial charge < -0.3 is 10.0 Å². The van der Waals surface area contributed by atoms with Crippen molar-refractivity contribution >= 4 is 23.6 Å². The number of para-hydroxylation sites is 1. The summed E-state index contributed by atoms with van der Waals surface area (Å²) in [6, 6.07) is 7.70. The van der Waals surface area contributed by atoms with Gasteiger partial charge in [0.15, 0.2) is 5.71 Å². The first-order chi connectivity index (χ1) is 8.27. The van der Waals surface area contributed by atoms with Crippen molar-refractivity contribution in [2.45, 2.75) is 0 Å². The smallest absolute Gasteiger partial charge is 0.356 e. The summed E-state index contributed by atoms with van der Waals surface area (Å²) in [5.74, 6) is -1.02. The van der Waals surface area contributed by atoms with Crippen LogP contribution in [0, 0.1) is 0 Å². The molecule has 0 saturated heterocycles. The Balaban J connectivity index is 2.12. The minimum absolute atomic E-state index is 0.0684. The average Bonchev–Trinajstić information content (AvgIpc) is 2.66. The van der Waals surface area contributed by atoms with E-state index in [0.29, 0.717) is 12.4 Å². The first kappa shape index (κ1) is 9.77. The minimum atomic E-state index is -1.02. The molecule has 0 unspecified atom stereocenters. The number of benzene rings is 1. The molecule has 0 radical (unpaired) electrons. The third-order valence-corrected chi connectivity index (χ3v) is 2.74.